The van der Waals surface area contributed by atoms with Crippen molar-refractivity contribution in [3.63, 3.8) is 0 Å². The number of para-hydroxylation sites is 2. The van der Waals surface area contributed by atoms with Gasteiger partial charge in [0.25, 0.3) is 0 Å². The predicted molar refractivity (Wildman–Crippen MR) is 248 cm³/mol. The summed E-state index contributed by atoms with van der Waals surface area (Å²) in [4.78, 5) is 0. The van der Waals surface area contributed by atoms with Crippen molar-refractivity contribution in [2.24, 2.45) is 0 Å². The van der Waals surface area contributed by atoms with E-state index >= 15 is 0 Å². The monoisotopic (exact) mass is 742 g/mol. The van der Waals surface area contributed by atoms with Crippen LogP contribution in [-0.4, -0.2) is 9.13 Å². The summed E-state index contributed by atoms with van der Waals surface area (Å²) in [7, 11) is 0. The van der Waals surface area contributed by atoms with E-state index in [0.29, 0.717) is 0 Å². The molecule has 2 heteroatoms. The van der Waals surface area contributed by atoms with Gasteiger partial charge in [-0.1, -0.05) is 173 Å². The van der Waals surface area contributed by atoms with Crippen LogP contribution in [0.15, 0.2) is 195 Å². The van der Waals surface area contributed by atoms with Crippen LogP contribution in [-0.2, 0) is 5.41 Å². The van der Waals surface area contributed by atoms with Crippen LogP contribution in [0, 0.1) is 0 Å². The molecule has 58 heavy (non-hydrogen) atoms. The van der Waals surface area contributed by atoms with Crippen LogP contribution in [0.1, 0.15) is 47.6 Å². The lowest BCUT2D eigenvalue weighted by Gasteiger charge is -2.28. The summed E-state index contributed by atoms with van der Waals surface area (Å²) in [6.45, 7) is 18.9. The van der Waals surface area contributed by atoms with E-state index in [9.17, 15) is 0 Å². The summed E-state index contributed by atoms with van der Waals surface area (Å²) >= 11 is 0. The van der Waals surface area contributed by atoms with Gasteiger partial charge in [0.05, 0.1) is 22.1 Å². The van der Waals surface area contributed by atoms with Crippen LogP contribution in [0.2, 0.25) is 0 Å². The number of fused-ring (bicyclic) bond motifs is 11. The van der Waals surface area contributed by atoms with Crippen LogP contribution in [0.5, 0.6) is 0 Å². The molecule has 0 N–H and O–H groups in total. The van der Waals surface area contributed by atoms with E-state index in [2.05, 4.69) is 199 Å². The summed E-state index contributed by atoms with van der Waals surface area (Å²) in [5.74, 6) is -0.191. The number of hydrogen-bond acceptors (Lipinski definition) is 0. The number of nitrogens with zero attached hydrogens (tertiary/aromatic N) is 2. The van der Waals surface area contributed by atoms with Crippen molar-refractivity contribution in [1.82, 2.24) is 9.13 Å². The second-order valence-corrected chi connectivity index (χ2v) is 16.3. The Kier molecular flexibility index (Phi) is 7.46. The van der Waals surface area contributed by atoms with Gasteiger partial charge in [0, 0.05) is 44.3 Å². The molecule has 0 spiro atoms. The maximum absolute atomic E-state index is 5.00. The fourth-order valence-electron chi connectivity index (χ4n) is 10.2. The van der Waals surface area contributed by atoms with Crippen LogP contribution in [0.4, 0.5) is 0 Å². The maximum atomic E-state index is 5.00. The highest BCUT2D eigenvalue weighted by Crippen LogP contribution is 2.54. The molecule has 1 aliphatic rings. The average Bonchev–Trinajstić information content (AvgIpc) is 3.87. The molecule has 1 unspecified atom stereocenters. The van der Waals surface area contributed by atoms with Crippen molar-refractivity contribution in [1.29, 1.82) is 0 Å². The van der Waals surface area contributed by atoms with Crippen molar-refractivity contribution >= 4 is 66.2 Å². The topological polar surface area (TPSA) is 9.86 Å². The van der Waals surface area contributed by atoms with E-state index in [1.807, 2.05) is 6.08 Å². The minimum atomic E-state index is -0.191. The first-order valence-electron chi connectivity index (χ1n) is 20.1. The Hall–Kier alpha value is -7.16. The largest absolute Gasteiger partial charge is 0.310 e. The van der Waals surface area contributed by atoms with Crippen molar-refractivity contribution < 1.29 is 0 Å². The van der Waals surface area contributed by atoms with Gasteiger partial charge in [0.15, 0.2) is 0 Å². The molecule has 10 aromatic rings. The van der Waals surface area contributed by atoms with Gasteiger partial charge in [-0.05, 0) is 91.7 Å². The zero-order valence-electron chi connectivity index (χ0n) is 32.8. The Morgan fingerprint density at radius 3 is 1.95 bits per heavy atom. The van der Waals surface area contributed by atoms with E-state index in [1.165, 1.54) is 76.7 Å². The highest BCUT2D eigenvalue weighted by Gasteiger charge is 2.38. The van der Waals surface area contributed by atoms with Gasteiger partial charge in [-0.25, -0.2) is 0 Å². The average molecular weight is 743 g/mol. The lowest BCUT2D eigenvalue weighted by atomic mass is 9.77. The summed E-state index contributed by atoms with van der Waals surface area (Å²) in [5, 5.41) is 7.32. The van der Waals surface area contributed by atoms with E-state index in [1.54, 1.807) is 0 Å². The van der Waals surface area contributed by atoms with E-state index in [4.69, 9.17) is 13.2 Å². The Bertz CT molecular complexity index is 3330. The van der Waals surface area contributed by atoms with Crippen LogP contribution in [0.25, 0.3) is 83.0 Å². The molecule has 8 aromatic carbocycles. The van der Waals surface area contributed by atoms with Crippen LogP contribution >= 0.6 is 0 Å². The summed E-state index contributed by atoms with van der Waals surface area (Å²) < 4.78 is 4.77. The normalized spacial score (nSPS) is 13.6. The number of rotatable bonds is 7. The minimum Gasteiger partial charge on any atom is -0.310 e. The predicted octanol–water partition coefficient (Wildman–Crippen LogP) is 14.9. The number of allylic oxidation sites excluding steroid dienone is 2. The van der Waals surface area contributed by atoms with Gasteiger partial charge in [-0.2, -0.15) is 0 Å². The smallest absolute Gasteiger partial charge is 0.0547 e. The van der Waals surface area contributed by atoms with Crippen molar-refractivity contribution in [3.05, 3.63) is 223 Å². The first kappa shape index (κ1) is 34.1. The molecule has 0 bridgehead atoms. The molecule has 2 heterocycles. The fourth-order valence-corrected chi connectivity index (χ4v) is 10.2. The molecule has 2 nitrogen and oxygen atoms in total. The van der Waals surface area contributed by atoms with E-state index in [0.717, 1.165) is 33.6 Å². The maximum Gasteiger partial charge on any atom is 0.0547 e. The molecule has 0 amide bonds. The molecular formula is C56H42N2. The Morgan fingerprint density at radius 1 is 0.552 bits per heavy atom. The SMILES string of the molecule is C=Cc1ccccc1C(C(=C)C(=C)n1c2ccc(-n3c4ccccc4c4ccccc43)cc2c2c3ccccc3ccc21)c1cccc2c1-c1ccccc1C2(C)C. The summed E-state index contributed by atoms with van der Waals surface area (Å²) in [5.41, 5.74) is 16.2. The van der Waals surface area contributed by atoms with Crippen LogP contribution < -0.4 is 0 Å². The standard InChI is InChI=1S/C56H42N2/c1-6-37-18-7-9-20-40(37)53(45-25-17-27-48-54(45)44-24-11-14-26-47(44)56(48,4)5)35(2)36(3)57-51-33-31-39(34-46(51)55-41-21-10-8-19-38(41)30-32-52(55)57)58-49-28-15-12-22-42(49)43-23-13-16-29-50(43)58/h6-34,53H,1-3H2,4-5H3. The quantitative estimate of drug-likeness (QED) is 0.144. The fraction of sp³-hybridized carbons (Fsp3) is 0.0714. The third kappa shape index (κ3) is 4.72. The first-order valence-corrected chi connectivity index (χ1v) is 20.1. The third-order valence-electron chi connectivity index (χ3n) is 12.9. The Balaban J connectivity index is 1.17. The Labute approximate surface area is 338 Å². The molecule has 0 aliphatic heterocycles. The van der Waals surface area contributed by atoms with Crippen molar-refractivity contribution in [2.75, 3.05) is 0 Å². The Morgan fingerprint density at radius 2 is 1.17 bits per heavy atom. The molecule has 11 rings (SSSR count). The molecule has 0 radical (unpaired) electrons. The number of hydrogen-bond donors (Lipinski definition) is 0. The second-order valence-electron chi connectivity index (χ2n) is 16.3. The van der Waals surface area contributed by atoms with Gasteiger partial charge in [0.1, 0.15) is 0 Å². The summed E-state index contributed by atoms with van der Waals surface area (Å²) in [6.07, 6.45) is 1.97. The molecule has 0 fully saturated rings. The van der Waals surface area contributed by atoms with E-state index < -0.39 is 0 Å². The molecule has 1 aliphatic carbocycles. The van der Waals surface area contributed by atoms with Gasteiger partial charge >= 0.3 is 0 Å². The molecular weight excluding hydrogens is 701 g/mol. The third-order valence-corrected chi connectivity index (χ3v) is 12.9. The molecule has 2 aromatic heterocycles. The number of aromatic nitrogens is 2. The van der Waals surface area contributed by atoms with Gasteiger partial charge in [0.2, 0.25) is 0 Å². The summed E-state index contributed by atoms with van der Waals surface area (Å²) in [6, 6.07) is 62.0. The minimum absolute atomic E-state index is 0.134. The molecule has 276 valence electrons. The molecule has 1 atom stereocenters. The van der Waals surface area contributed by atoms with Crippen molar-refractivity contribution in [2.45, 2.75) is 25.2 Å². The van der Waals surface area contributed by atoms with Gasteiger partial charge < -0.3 is 9.13 Å². The zero-order valence-corrected chi connectivity index (χ0v) is 32.8. The second kappa shape index (κ2) is 12.7. The number of benzene rings is 8. The molecule has 0 saturated heterocycles. The van der Waals surface area contributed by atoms with Crippen LogP contribution in [0.3, 0.4) is 0 Å². The lowest BCUT2D eigenvalue weighted by Crippen LogP contribution is -2.16. The lowest BCUT2D eigenvalue weighted by molar-refractivity contribution is 0.659. The van der Waals surface area contributed by atoms with Crippen molar-refractivity contribution in [3.8, 4) is 16.8 Å². The molecule has 0 saturated carbocycles. The first-order chi connectivity index (χ1) is 28.4. The highest BCUT2D eigenvalue weighted by molar-refractivity contribution is 6.22. The van der Waals surface area contributed by atoms with Gasteiger partial charge in [-0.15, -0.1) is 0 Å². The van der Waals surface area contributed by atoms with Gasteiger partial charge in [-0.3, -0.25) is 0 Å². The highest BCUT2D eigenvalue weighted by atomic mass is 15.0. The zero-order chi connectivity index (χ0) is 39.3. The van der Waals surface area contributed by atoms with E-state index in [-0.39, 0.29) is 11.3 Å².